The fourth-order valence-electron chi connectivity index (χ4n) is 4.32. The van der Waals surface area contributed by atoms with Gasteiger partial charge in [-0.3, -0.25) is 19.2 Å². The molecule has 5 rings (SSSR count). The summed E-state index contributed by atoms with van der Waals surface area (Å²) in [6, 6.07) is 28.0. The molecule has 4 aromatic carbocycles. The zero-order valence-corrected chi connectivity index (χ0v) is 25.9. The summed E-state index contributed by atoms with van der Waals surface area (Å²) >= 11 is 7.45. The summed E-state index contributed by atoms with van der Waals surface area (Å²) in [5.74, 6) is -2.22. The zero-order valence-electron chi connectivity index (χ0n) is 24.4. The first-order valence-electron chi connectivity index (χ1n) is 14.0. The molecule has 0 aromatic heterocycles. The minimum atomic E-state index is -0.701. The van der Waals surface area contributed by atoms with Gasteiger partial charge >= 0.3 is 0 Å². The third-order valence-electron chi connectivity index (χ3n) is 6.66. The Labute approximate surface area is 273 Å². The van der Waals surface area contributed by atoms with Gasteiger partial charge in [0.05, 0.1) is 22.4 Å². The van der Waals surface area contributed by atoms with Crippen LogP contribution in [-0.4, -0.2) is 34.7 Å². The van der Waals surface area contributed by atoms with Crippen LogP contribution in [0.15, 0.2) is 119 Å². The molecule has 0 aliphatic carbocycles. The maximum atomic E-state index is 14.6. The van der Waals surface area contributed by atoms with Crippen LogP contribution in [0.5, 0.6) is 0 Å². The Morgan fingerprint density at radius 2 is 1.59 bits per heavy atom. The van der Waals surface area contributed by atoms with Gasteiger partial charge < -0.3 is 16.0 Å². The average molecular weight is 656 g/mol. The van der Waals surface area contributed by atoms with Crippen LogP contribution in [-0.2, 0) is 14.4 Å². The quantitative estimate of drug-likeness (QED) is 0.146. The number of benzene rings is 4. The maximum Gasteiger partial charge on any atom is 0.272 e. The SMILES string of the molecule is CC(Sc1ccc(NC(=O)/C(=C/c2c(F)cccc2Cl)NC(=O)c2ccccc2)cc1)C(=O)NC1=NN(c2ccccc2)C(=O)C1. The third-order valence-corrected chi connectivity index (χ3v) is 8.10. The number of hydrazone groups is 1. The van der Waals surface area contributed by atoms with Crippen LogP contribution in [0, 0.1) is 5.82 Å². The summed E-state index contributed by atoms with van der Waals surface area (Å²) in [5.41, 5.74) is 1.04. The van der Waals surface area contributed by atoms with Gasteiger partial charge in [-0.1, -0.05) is 54.1 Å². The van der Waals surface area contributed by atoms with Crippen molar-refractivity contribution in [3.63, 3.8) is 0 Å². The highest BCUT2D eigenvalue weighted by molar-refractivity contribution is 8.00. The first-order chi connectivity index (χ1) is 22.2. The Morgan fingerprint density at radius 1 is 0.913 bits per heavy atom. The molecule has 1 heterocycles. The van der Waals surface area contributed by atoms with Gasteiger partial charge in [0.1, 0.15) is 17.3 Å². The number of carbonyl (C=O) groups excluding carboxylic acids is 4. The van der Waals surface area contributed by atoms with Gasteiger partial charge in [-0.15, -0.1) is 11.8 Å². The lowest BCUT2D eigenvalue weighted by atomic mass is 10.1. The molecule has 4 aromatic rings. The van der Waals surface area contributed by atoms with Crippen LogP contribution >= 0.6 is 23.4 Å². The molecule has 46 heavy (non-hydrogen) atoms. The summed E-state index contributed by atoms with van der Waals surface area (Å²) < 4.78 is 14.6. The molecule has 1 aliphatic heterocycles. The standard InChI is InChI=1S/C34H27ClFN5O4S/c1-21(32(43)39-30-20-31(42)41(40-30)24-11-6-3-7-12-24)46-25-17-15-23(16-18-25)37-34(45)29(19-26-27(35)13-8-14-28(26)36)38-33(44)22-9-4-2-5-10-22/h2-19,21H,20H2,1H3,(H,37,45)(H,38,44)(H,39,40,43)/b29-19-. The predicted octanol–water partition coefficient (Wildman–Crippen LogP) is 6.24. The van der Waals surface area contributed by atoms with Crippen molar-refractivity contribution in [1.29, 1.82) is 0 Å². The normalized spacial score (nSPS) is 13.5. The number of amidine groups is 1. The monoisotopic (exact) mass is 655 g/mol. The Hall–Kier alpha value is -5.26. The van der Waals surface area contributed by atoms with Crippen molar-refractivity contribution in [2.75, 3.05) is 10.3 Å². The number of hydrogen-bond acceptors (Lipinski definition) is 6. The lowest BCUT2D eigenvalue weighted by Crippen LogP contribution is -2.35. The van der Waals surface area contributed by atoms with Crippen LogP contribution in [0.4, 0.5) is 15.8 Å². The number of rotatable bonds is 9. The molecular weight excluding hydrogens is 629 g/mol. The molecule has 0 bridgehead atoms. The molecule has 0 saturated heterocycles. The van der Waals surface area contributed by atoms with Crippen molar-refractivity contribution >= 4 is 70.3 Å². The van der Waals surface area contributed by atoms with E-state index in [1.54, 1.807) is 85.8 Å². The van der Waals surface area contributed by atoms with Crippen LogP contribution in [0.3, 0.4) is 0 Å². The number of hydrogen-bond donors (Lipinski definition) is 3. The van der Waals surface area contributed by atoms with Gasteiger partial charge in [-0.2, -0.15) is 10.1 Å². The molecule has 9 nitrogen and oxygen atoms in total. The molecule has 1 unspecified atom stereocenters. The van der Waals surface area contributed by atoms with E-state index in [0.29, 0.717) is 16.9 Å². The molecule has 3 N–H and O–H groups in total. The van der Waals surface area contributed by atoms with E-state index >= 15 is 0 Å². The number of thioether (sulfide) groups is 1. The van der Waals surface area contributed by atoms with Gasteiger partial charge in [-0.25, -0.2) is 4.39 Å². The van der Waals surface area contributed by atoms with E-state index in [9.17, 15) is 23.6 Å². The summed E-state index contributed by atoms with van der Waals surface area (Å²) in [5, 5.41) is 13.0. The number of carbonyl (C=O) groups is 4. The van der Waals surface area contributed by atoms with Crippen molar-refractivity contribution in [3.8, 4) is 0 Å². The average Bonchev–Trinajstić information content (AvgIpc) is 3.43. The molecule has 12 heteroatoms. The topological polar surface area (TPSA) is 120 Å². The molecule has 1 atom stereocenters. The summed E-state index contributed by atoms with van der Waals surface area (Å²) in [6.07, 6.45) is 1.16. The van der Waals surface area contributed by atoms with Crippen LogP contribution < -0.4 is 21.0 Å². The van der Waals surface area contributed by atoms with Crippen molar-refractivity contribution in [3.05, 3.63) is 131 Å². The van der Waals surface area contributed by atoms with E-state index in [0.717, 1.165) is 4.90 Å². The van der Waals surface area contributed by atoms with E-state index in [1.807, 2.05) is 6.07 Å². The molecule has 232 valence electrons. The predicted molar refractivity (Wildman–Crippen MR) is 178 cm³/mol. The van der Waals surface area contributed by atoms with Crippen molar-refractivity contribution in [2.24, 2.45) is 5.10 Å². The van der Waals surface area contributed by atoms with Crippen molar-refractivity contribution < 1.29 is 23.6 Å². The van der Waals surface area contributed by atoms with Crippen LogP contribution in [0.1, 0.15) is 29.3 Å². The van der Waals surface area contributed by atoms with E-state index in [2.05, 4.69) is 21.1 Å². The van der Waals surface area contributed by atoms with Crippen molar-refractivity contribution in [1.82, 2.24) is 10.6 Å². The smallest absolute Gasteiger partial charge is 0.272 e. The highest BCUT2D eigenvalue weighted by Gasteiger charge is 2.27. The van der Waals surface area contributed by atoms with Gasteiger partial charge in [-0.05, 0) is 73.7 Å². The molecule has 0 radical (unpaired) electrons. The zero-order chi connectivity index (χ0) is 32.6. The number of para-hydroxylation sites is 1. The Kier molecular flexibility index (Phi) is 10.3. The second-order valence-corrected chi connectivity index (χ2v) is 11.8. The number of nitrogens with zero attached hydrogens (tertiary/aromatic N) is 2. The molecule has 4 amide bonds. The fourth-order valence-corrected chi connectivity index (χ4v) is 5.41. The molecule has 0 saturated carbocycles. The van der Waals surface area contributed by atoms with Crippen LogP contribution in [0.25, 0.3) is 6.08 Å². The molecule has 0 fully saturated rings. The summed E-state index contributed by atoms with van der Waals surface area (Å²) in [4.78, 5) is 52.1. The van der Waals surface area contributed by atoms with Gasteiger partial charge in [0.25, 0.3) is 17.7 Å². The summed E-state index contributed by atoms with van der Waals surface area (Å²) in [7, 11) is 0. The van der Waals surface area contributed by atoms with E-state index in [1.165, 1.54) is 41.0 Å². The Bertz CT molecular complexity index is 1820. The number of amides is 4. The third kappa shape index (κ3) is 8.06. The minimum Gasteiger partial charge on any atom is -0.321 e. The van der Waals surface area contributed by atoms with Gasteiger partial charge in [0.15, 0.2) is 0 Å². The largest absolute Gasteiger partial charge is 0.321 e. The van der Waals surface area contributed by atoms with Crippen LogP contribution in [0.2, 0.25) is 5.02 Å². The lowest BCUT2D eigenvalue weighted by Gasteiger charge is -2.13. The first-order valence-corrected chi connectivity index (χ1v) is 15.3. The Balaban J connectivity index is 1.23. The fraction of sp³-hybridized carbons (Fsp3) is 0.0882. The highest BCUT2D eigenvalue weighted by atomic mass is 35.5. The maximum absolute atomic E-state index is 14.6. The van der Waals surface area contributed by atoms with E-state index in [-0.39, 0.29) is 40.4 Å². The second-order valence-electron chi connectivity index (χ2n) is 10.0. The number of halogens is 2. The van der Waals surface area contributed by atoms with Gasteiger partial charge in [0.2, 0.25) is 5.91 Å². The van der Waals surface area contributed by atoms with Gasteiger partial charge in [0, 0.05) is 21.7 Å². The molecular formula is C34H27ClFN5O4S. The lowest BCUT2D eigenvalue weighted by molar-refractivity contribution is -0.119. The van der Waals surface area contributed by atoms with E-state index < -0.39 is 22.9 Å². The minimum absolute atomic E-state index is 0.0161. The Morgan fingerprint density at radius 3 is 2.26 bits per heavy atom. The number of nitrogens with one attached hydrogen (secondary N) is 3. The molecule has 1 aliphatic rings. The number of anilines is 2. The first kappa shape index (κ1) is 32.1. The summed E-state index contributed by atoms with van der Waals surface area (Å²) in [6.45, 7) is 1.72. The molecule has 0 spiro atoms. The van der Waals surface area contributed by atoms with E-state index in [4.69, 9.17) is 11.6 Å². The second kappa shape index (κ2) is 14.7. The van der Waals surface area contributed by atoms with Crippen molar-refractivity contribution in [2.45, 2.75) is 23.5 Å². The highest BCUT2D eigenvalue weighted by Crippen LogP contribution is 2.26.